The van der Waals surface area contributed by atoms with Crippen LogP contribution in [0.5, 0.6) is 11.5 Å². The summed E-state index contributed by atoms with van der Waals surface area (Å²) >= 11 is 0. The maximum atomic E-state index is 5.73. The number of ether oxygens (including phenoxy) is 2. The molecule has 25 heavy (non-hydrogen) atoms. The zero-order chi connectivity index (χ0) is 17.2. The second kappa shape index (κ2) is 7.55. The van der Waals surface area contributed by atoms with Gasteiger partial charge in [0.15, 0.2) is 11.5 Å². The maximum Gasteiger partial charge on any atom is 0.161 e. The van der Waals surface area contributed by atoms with Crippen LogP contribution >= 0.6 is 0 Å². The normalized spacial score (nSPS) is 34.2. The Labute approximate surface area is 152 Å². The Balaban J connectivity index is 1.32. The lowest BCUT2D eigenvalue weighted by molar-refractivity contribution is -1.03. The molecule has 3 atom stereocenters. The molecule has 0 aromatic heterocycles. The van der Waals surface area contributed by atoms with E-state index >= 15 is 0 Å². The number of hydrogen-bond donors (Lipinski definition) is 2. The summed E-state index contributed by atoms with van der Waals surface area (Å²) in [6.07, 6.45) is 6.09. The zero-order valence-electron chi connectivity index (χ0n) is 15.9. The van der Waals surface area contributed by atoms with Crippen molar-refractivity contribution >= 4 is 0 Å². The molecule has 4 nitrogen and oxygen atoms in total. The number of piperazine rings is 1. The first-order chi connectivity index (χ1) is 12.3. The topological polar surface area (TPSA) is 27.3 Å². The SMILES string of the molecule is CCOc1cc(C[NH+]2CC[NH+]([C@@H]3C[C@H]4CC[C@@H]3C4)CC2)ccc1OC. The van der Waals surface area contributed by atoms with Gasteiger partial charge >= 0.3 is 0 Å². The molecule has 1 aromatic carbocycles. The van der Waals surface area contributed by atoms with Gasteiger partial charge < -0.3 is 19.3 Å². The Morgan fingerprint density at radius 1 is 1.04 bits per heavy atom. The third kappa shape index (κ3) is 3.65. The molecule has 3 aliphatic rings. The van der Waals surface area contributed by atoms with E-state index in [4.69, 9.17) is 9.47 Å². The number of rotatable bonds is 6. The van der Waals surface area contributed by atoms with Gasteiger partial charge in [-0.3, -0.25) is 0 Å². The Morgan fingerprint density at radius 2 is 1.88 bits per heavy atom. The van der Waals surface area contributed by atoms with Gasteiger partial charge in [0.1, 0.15) is 32.7 Å². The summed E-state index contributed by atoms with van der Waals surface area (Å²) in [5.41, 5.74) is 1.36. The molecule has 0 spiro atoms. The fourth-order valence-electron chi connectivity index (χ4n) is 5.61. The molecule has 4 rings (SSSR count). The van der Waals surface area contributed by atoms with Crippen LogP contribution in [0.1, 0.15) is 38.2 Å². The van der Waals surface area contributed by atoms with E-state index < -0.39 is 0 Å². The summed E-state index contributed by atoms with van der Waals surface area (Å²) in [4.78, 5) is 3.64. The summed E-state index contributed by atoms with van der Waals surface area (Å²) in [7, 11) is 1.71. The quantitative estimate of drug-likeness (QED) is 0.788. The first kappa shape index (κ1) is 17.2. The van der Waals surface area contributed by atoms with E-state index in [-0.39, 0.29) is 0 Å². The fraction of sp³-hybridized carbons (Fsp3) is 0.714. The van der Waals surface area contributed by atoms with Gasteiger partial charge in [-0.2, -0.15) is 0 Å². The second-order valence-corrected chi connectivity index (χ2v) is 8.28. The van der Waals surface area contributed by atoms with Crippen molar-refractivity contribution < 1.29 is 19.3 Å². The molecule has 138 valence electrons. The van der Waals surface area contributed by atoms with Crippen molar-refractivity contribution in [2.75, 3.05) is 39.9 Å². The lowest BCUT2D eigenvalue weighted by atomic mass is 9.93. The van der Waals surface area contributed by atoms with Gasteiger partial charge in [-0.25, -0.2) is 0 Å². The van der Waals surface area contributed by atoms with E-state index in [1.54, 1.807) is 12.0 Å². The van der Waals surface area contributed by atoms with Crippen molar-refractivity contribution in [2.24, 2.45) is 11.8 Å². The molecule has 2 aliphatic carbocycles. The van der Waals surface area contributed by atoms with Gasteiger partial charge in [0.05, 0.1) is 19.8 Å². The van der Waals surface area contributed by atoms with Crippen LogP contribution in [0.15, 0.2) is 18.2 Å². The van der Waals surface area contributed by atoms with Crippen molar-refractivity contribution in [1.29, 1.82) is 0 Å². The molecule has 4 heteroatoms. The van der Waals surface area contributed by atoms with Crippen LogP contribution in [0.4, 0.5) is 0 Å². The number of benzene rings is 1. The van der Waals surface area contributed by atoms with Crippen molar-refractivity contribution in [3.05, 3.63) is 23.8 Å². The predicted molar refractivity (Wildman–Crippen MR) is 98.5 cm³/mol. The van der Waals surface area contributed by atoms with Crippen LogP contribution in [-0.4, -0.2) is 45.9 Å². The van der Waals surface area contributed by atoms with Crippen molar-refractivity contribution in [1.82, 2.24) is 0 Å². The summed E-state index contributed by atoms with van der Waals surface area (Å²) in [5.74, 6) is 3.85. The van der Waals surface area contributed by atoms with Gasteiger partial charge in [-0.15, -0.1) is 0 Å². The highest BCUT2D eigenvalue weighted by atomic mass is 16.5. The lowest BCUT2D eigenvalue weighted by Crippen LogP contribution is -3.29. The van der Waals surface area contributed by atoms with Gasteiger partial charge in [0.25, 0.3) is 0 Å². The van der Waals surface area contributed by atoms with E-state index in [0.29, 0.717) is 6.61 Å². The largest absolute Gasteiger partial charge is 0.493 e. The molecule has 3 fully saturated rings. The van der Waals surface area contributed by atoms with E-state index in [0.717, 1.165) is 35.9 Å². The molecule has 2 bridgehead atoms. The molecule has 2 saturated carbocycles. The minimum absolute atomic E-state index is 0.679. The highest BCUT2D eigenvalue weighted by molar-refractivity contribution is 5.42. The number of nitrogens with one attached hydrogen (secondary N) is 2. The molecule has 1 saturated heterocycles. The van der Waals surface area contributed by atoms with Crippen LogP contribution in [0.25, 0.3) is 0 Å². The molecule has 1 heterocycles. The van der Waals surface area contributed by atoms with Crippen LogP contribution in [0.2, 0.25) is 0 Å². The van der Waals surface area contributed by atoms with Crippen LogP contribution < -0.4 is 19.3 Å². The number of fused-ring (bicyclic) bond motifs is 2. The minimum Gasteiger partial charge on any atom is -0.493 e. The van der Waals surface area contributed by atoms with E-state index in [2.05, 4.69) is 18.2 Å². The Hall–Kier alpha value is -1.26. The van der Waals surface area contributed by atoms with E-state index in [1.807, 2.05) is 11.8 Å². The Kier molecular flexibility index (Phi) is 5.18. The molecular weight excluding hydrogens is 312 g/mol. The smallest absolute Gasteiger partial charge is 0.161 e. The average molecular weight is 347 g/mol. The summed E-state index contributed by atoms with van der Waals surface area (Å²) in [6.45, 7) is 9.13. The lowest BCUT2D eigenvalue weighted by Gasteiger charge is -2.36. The molecule has 2 N–H and O–H groups in total. The first-order valence-electron chi connectivity index (χ1n) is 10.2. The number of hydrogen-bond acceptors (Lipinski definition) is 2. The van der Waals surface area contributed by atoms with Gasteiger partial charge in [0.2, 0.25) is 0 Å². The molecule has 0 unspecified atom stereocenters. The van der Waals surface area contributed by atoms with Gasteiger partial charge in [-0.05, 0) is 50.3 Å². The molecule has 0 amide bonds. The highest BCUT2D eigenvalue weighted by Crippen LogP contribution is 2.43. The molecule has 1 aromatic rings. The molecule has 0 radical (unpaired) electrons. The van der Waals surface area contributed by atoms with Crippen molar-refractivity contribution in [3.63, 3.8) is 0 Å². The van der Waals surface area contributed by atoms with Crippen LogP contribution in [0.3, 0.4) is 0 Å². The van der Waals surface area contributed by atoms with Crippen molar-refractivity contribution in [2.45, 2.75) is 45.2 Å². The van der Waals surface area contributed by atoms with Gasteiger partial charge in [0, 0.05) is 17.9 Å². The maximum absolute atomic E-state index is 5.73. The Morgan fingerprint density at radius 3 is 2.52 bits per heavy atom. The third-order valence-electron chi connectivity index (χ3n) is 6.84. The predicted octanol–water partition coefficient (Wildman–Crippen LogP) is 0.566. The van der Waals surface area contributed by atoms with Crippen LogP contribution in [0, 0.1) is 11.8 Å². The Bertz CT molecular complexity index is 583. The first-order valence-corrected chi connectivity index (χ1v) is 10.2. The highest BCUT2D eigenvalue weighted by Gasteiger charge is 2.46. The monoisotopic (exact) mass is 346 g/mol. The summed E-state index contributed by atoms with van der Waals surface area (Å²) in [6, 6.07) is 7.41. The second-order valence-electron chi connectivity index (χ2n) is 8.28. The van der Waals surface area contributed by atoms with Crippen LogP contribution in [-0.2, 0) is 6.54 Å². The summed E-state index contributed by atoms with van der Waals surface area (Å²) in [5, 5.41) is 0. The van der Waals surface area contributed by atoms with E-state index in [1.165, 1.54) is 57.4 Å². The van der Waals surface area contributed by atoms with E-state index in [9.17, 15) is 0 Å². The zero-order valence-corrected chi connectivity index (χ0v) is 15.9. The molecular formula is C21H34N2O2+2. The average Bonchev–Trinajstić information content (AvgIpc) is 3.26. The van der Waals surface area contributed by atoms with Gasteiger partial charge in [-0.1, -0.05) is 0 Å². The minimum atomic E-state index is 0.679. The number of methoxy groups -OCH3 is 1. The van der Waals surface area contributed by atoms with Crippen molar-refractivity contribution in [3.8, 4) is 11.5 Å². The summed E-state index contributed by atoms with van der Waals surface area (Å²) < 4.78 is 11.1. The fourth-order valence-corrected chi connectivity index (χ4v) is 5.61. The standard InChI is InChI=1S/C21H32N2O2/c1-3-25-21-14-17(5-7-20(21)24-2)15-22-8-10-23(11-9-22)19-13-16-4-6-18(19)12-16/h5,7,14,16,18-19H,3-4,6,8-13,15H2,1-2H3/p+2/t16-,18+,19+/m0/s1. The molecule has 1 aliphatic heterocycles. The third-order valence-corrected chi connectivity index (χ3v) is 6.84. The number of quaternary nitrogens is 2.